The Morgan fingerprint density at radius 2 is 1.54 bits per heavy atom. The van der Waals surface area contributed by atoms with E-state index in [-0.39, 0.29) is 5.69 Å². The topological polar surface area (TPSA) is 50.8 Å². The van der Waals surface area contributed by atoms with Crippen molar-refractivity contribution in [3.63, 3.8) is 0 Å². The molecule has 6 rings (SSSR count). The van der Waals surface area contributed by atoms with Crippen molar-refractivity contribution >= 4 is 23.0 Å². The lowest BCUT2D eigenvalue weighted by atomic mass is 9.77. The molecule has 0 aromatic heterocycles. The molecular formula is C33H29F3N2O3. The molecule has 0 fully saturated rings. The molecule has 41 heavy (non-hydrogen) atoms. The number of halogens is 3. The van der Waals surface area contributed by atoms with E-state index in [2.05, 4.69) is 24.1 Å². The van der Waals surface area contributed by atoms with Crippen LogP contribution in [0, 0.1) is 0 Å². The molecule has 1 atom stereocenters. The molecule has 2 aliphatic heterocycles. The smallest absolute Gasteiger partial charge is 0.416 e. The molecule has 0 bridgehead atoms. The molecule has 4 aromatic rings. The Bertz CT molecular complexity index is 1630. The predicted octanol–water partition coefficient (Wildman–Crippen LogP) is 8.64. The van der Waals surface area contributed by atoms with Gasteiger partial charge in [-0.25, -0.2) is 4.79 Å². The lowest BCUT2D eigenvalue weighted by Crippen LogP contribution is -2.33. The van der Waals surface area contributed by atoms with Crippen molar-refractivity contribution in [1.29, 1.82) is 0 Å². The molecule has 2 heterocycles. The van der Waals surface area contributed by atoms with Crippen LogP contribution in [0.2, 0.25) is 0 Å². The quantitative estimate of drug-likeness (QED) is 0.230. The average molecular weight is 559 g/mol. The highest BCUT2D eigenvalue weighted by Crippen LogP contribution is 2.57. The van der Waals surface area contributed by atoms with Crippen molar-refractivity contribution in [2.45, 2.75) is 38.5 Å². The van der Waals surface area contributed by atoms with Crippen LogP contribution in [-0.4, -0.2) is 19.1 Å². The molecule has 1 spiro atoms. The number of hydrogen-bond donors (Lipinski definition) is 1. The zero-order valence-corrected chi connectivity index (χ0v) is 22.7. The van der Waals surface area contributed by atoms with Gasteiger partial charge in [0.15, 0.2) is 5.60 Å². The fraction of sp³-hybridized carbons (Fsp3) is 0.242. The van der Waals surface area contributed by atoms with Crippen molar-refractivity contribution in [3.05, 3.63) is 113 Å². The summed E-state index contributed by atoms with van der Waals surface area (Å²) in [5.41, 5.74) is 2.25. The number of benzene rings is 4. The second-order valence-corrected chi connectivity index (χ2v) is 10.3. The van der Waals surface area contributed by atoms with Crippen molar-refractivity contribution in [2.24, 2.45) is 0 Å². The van der Waals surface area contributed by atoms with Gasteiger partial charge < -0.3 is 19.7 Å². The van der Waals surface area contributed by atoms with Crippen molar-refractivity contribution in [1.82, 2.24) is 0 Å². The zero-order valence-electron chi connectivity index (χ0n) is 22.7. The third-order valence-electron chi connectivity index (χ3n) is 7.53. The largest absolute Gasteiger partial charge is 0.456 e. The third kappa shape index (κ3) is 4.57. The number of esters is 1. The fourth-order valence-electron chi connectivity index (χ4n) is 5.79. The van der Waals surface area contributed by atoms with Gasteiger partial charge in [0, 0.05) is 52.9 Å². The Morgan fingerprint density at radius 3 is 2.29 bits per heavy atom. The van der Waals surface area contributed by atoms with Gasteiger partial charge in [0.2, 0.25) is 0 Å². The number of anilines is 3. The number of carbonyl (C=O) groups excluding carboxylic acids is 1. The molecule has 0 amide bonds. The molecule has 1 N–H and O–H groups in total. The maximum Gasteiger partial charge on any atom is 0.416 e. The number of nitrogens with zero attached hydrogens (tertiary/aromatic N) is 1. The Kier molecular flexibility index (Phi) is 6.64. The highest BCUT2D eigenvalue weighted by atomic mass is 19.4. The van der Waals surface area contributed by atoms with Crippen LogP contribution in [-0.2, 0) is 16.5 Å². The molecule has 2 aliphatic rings. The Balaban J connectivity index is 1.48. The lowest BCUT2D eigenvalue weighted by molar-refractivity contribution is -0.137. The first-order valence-electron chi connectivity index (χ1n) is 13.7. The first-order chi connectivity index (χ1) is 19.7. The molecular weight excluding hydrogens is 529 g/mol. The van der Waals surface area contributed by atoms with E-state index in [0.29, 0.717) is 39.4 Å². The monoisotopic (exact) mass is 558 g/mol. The van der Waals surface area contributed by atoms with Crippen molar-refractivity contribution in [3.8, 4) is 11.5 Å². The summed E-state index contributed by atoms with van der Waals surface area (Å²) in [6.45, 7) is 6.08. The molecule has 1 unspecified atom stereocenters. The minimum atomic E-state index is -4.46. The summed E-state index contributed by atoms with van der Waals surface area (Å²) >= 11 is 0. The second-order valence-electron chi connectivity index (χ2n) is 10.3. The van der Waals surface area contributed by atoms with E-state index in [9.17, 15) is 18.0 Å². The second kappa shape index (κ2) is 10.2. The maximum absolute atomic E-state index is 13.3. The molecule has 0 saturated heterocycles. The number of ether oxygens (including phenoxy) is 2. The minimum absolute atomic E-state index is 0.284. The standard InChI is InChI=1S/C33H29F3N2O3/c1-3-16-38(17-4-2)24-13-14-27-30(20-24)40-29-15-12-23(37-22-9-7-8-21(18-22)33(34,35)36)19-28(29)32(27)26-11-6-5-10-25(26)31(39)41-32/h5-15,18-20,37H,3-4,16-17H2,1-2H3. The van der Waals surface area contributed by atoms with Crippen LogP contribution < -0.4 is 15.0 Å². The number of hydrogen-bond acceptors (Lipinski definition) is 5. The van der Waals surface area contributed by atoms with Gasteiger partial charge in [0.05, 0.1) is 11.1 Å². The number of alkyl halides is 3. The predicted molar refractivity (Wildman–Crippen MR) is 152 cm³/mol. The van der Waals surface area contributed by atoms with E-state index < -0.39 is 23.3 Å². The maximum atomic E-state index is 13.3. The first kappa shape index (κ1) is 26.7. The molecule has 0 aliphatic carbocycles. The molecule has 5 nitrogen and oxygen atoms in total. The van der Waals surface area contributed by atoms with Crippen LogP contribution in [0.4, 0.5) is 30.2 Å². The molecule has 4 aromatic carbocycles. The first-order valence-corrected chi connectivity index (χ1v) is 13.7. The van der Waals surface area contributed by atoms with Gasteiger partial charge in [-0.1, -0.05) is 38.1 Å². The summed E-state index contributed by atoms with van der Waals surface area (Å²) in [4.78, 5) is 15.5. The highest BCUT2D eigenvalue weighted by Gasteiger charge is 2.53. The summed E-state index contributed by atoms with van der Waals surface area (Å²) in [6, 6.07) is 23.5. The summed E-state index contributed by atoms with van der Waals surface area (Å²) in [7, 11) is 0. The highest BCUT2D eigenvalue weighted by molar-refractivity contribution is 5.97. The van der Waals surface area contributed by atoms with Gasteiger partial charge in [0.25, 0.3) is 0 Å². The minimum Gasteiger partial charge on any atom is -0.456 e. The van der Waals surface area contributed by atoms with Crippen LogP contribution >= 0.6 is 0 Å². The van der Waals surface area contributed by atoms with Gasteiger partial charge in [-0.2, -0.15) is 13.2 Å². The van der Waals surface area contributed by atoms with E-state index in [1.54, 1.807) is 36.4 Å². The third-order valence-corrected chi connectivity index (χ3v) is 7.53. The van der Waals surface area contributed by atoms with Crippen molar-refractivity contribution < 1.29 is 27.4 Å². The molecule has 0 saturated carbocycles. The molecule has 0 radical (unpaired) electrons. The van der Waals surface area contributed by atoms with Gasteiger partial charge >= 0.3 is 12.1 Å². The zero-order chi connectivity index (χ0) is 28.8. The lowest BCUT2D eigenvalue weighted by Gasteiger charge is -2.37. The number of fused-ring (bicyclic) bond motifs is 6. The van der Waals surface area contributed by atoms with Gasteiger partial charge in [-0.15, -0.1) is 0 Å². The van der Waals surface area contributed by atoms with Crippen molar-refractivity contribution in [2.75, 3.05) is 23.3 Å². The Labute approximate surface area is 236 Å². The van der Waals surface area contributed by atoms with Gasteiger partial charge in [0.1, 0.15) is 11.5 Å². The van der Waals surface area contributed by atoms with Gasteiger partial charge in [-0.05, 0) is 67.4 Å². The number of nitrogens with one attached hydrogen (secondary N) is 1. The van der Waals surface area contributed by atoms with Crippen LogP contribution in [0.25, 0.3) is 0 Å². The van der Waals surface area contributed by atoms with E-state index in [1.165, 1.54) is 6.07 Å². The normalized spacial score (nSPS) is 16.9. The van der Waals surface area contributed by atoms with E-state index in [0.717, 1.165) is 43.8 Å². The fourth-order valence-corrected chi connectivity index (χ4v) is 5.79. The van der Waals surface area contributed by atoms with Crippen LogP contribution in [0.5, 0.6) is 11.5 Å². The number of carbonyl (C=O) groups is 1. The summed E-state index contributed by atoms with van der Waals surface area (Å²) in [5.74, 6) is 0.653. The summed E-state index contributed by atoms with van der Waals surface area (Å²) < 4.78 is 52.7. The SMILES string of the molecule is CCCN(CCC)c1ccc2c(c1)Oc1ccc(Nc3cccc(C(F)(F)F)c3)cc1C21OC(=O)c2ccccc21. The average Bonchev–Trinajstić information content (AvgIpc) is 3.25. The van der Waals surface area contributed by atoms with Crippen LogP contribution in [0.15, 0.2) is 84.9 Å². The molecule has 8 heteroatoms. The van der Waals surface area contributed by atoms with Crippen LogP contribution in [0.1, 0.15) is 59.3 Å². The number of rotatable bonds is 7. The van der Waals surface area contributed by atoms with E-state index >= 15 is 0 Å². The van der Waals surface area contributed by atoms with Crippen LogP contribution in [0.3, 0.4) is 0 Å². The summed E-state index contributed by atoms with van der Waals surface area (Å²) in [5, 5.41) is 3.08. The van der Waals surface area contributed by atoms with E-state index in [1.807, 2.05) is 30.3 Å². The molecule has 210 valence electrons. The Morgan fingerprint density at radius 1 is 0.780 bits per heavy atom. The Hall–Kier alpha value is -4.46. The van der Waals surface area contributed by atoms with Gasteiger partial charge in [-0.3, -0.25) is 0 Å². The summed E-state index contributed by atoms with van der Waals surface area (Å²) in [6.07, 6.45) is -2.46. The van der Waals surface area contributed by atoms with E-state index in [4.69, 9.17) is 9.47 Å².